The van der Waals surface area contributed by atoms with E-state index in [-0.39, 0.29) is 24.9 Å². The SMILES string of the molecule is OCCC1OC(c2ccccc2)OC2COC(c3ccccc3)OC12. The van der Waals surface area contributed by atoms with E-state index in [2.05, 4.69) is 0 Å². The van der Waals surface area contributed by atoms with Gasteiger partial charge in [0.2, 0.25) is 0 Å². The van der Waals surface area contributed by atoms with Crippen molar-refractivity contribution >= 4 is 0 Å². The lowest BCUT2D eigenvalue weighted by molar-refractivity contribution is -0.364. The Hall–Kier alpha value is -1.76. The number of fused-ring (bicyclic) bond motifs is 1. The molecule has 5 nitrogen and oxygen atoms in total. The van der Waals surface area contributed by atoms with Crippen LogP contribution < -0.4 is 0 Å². The van der Waals surface area contributed by atoms with Crippen LogP contribution >= 0.6 is 0 Å². The molecule has 2 heterocycles. The van der Waals surface area contributed by atoms with E-state index in [1.807, 2.05) is 60.7 Å². The zero-order valence-electron chi connectivity index (χ0n) is 13.9. The van der Waals surface area contributed by atoms with Gasteiger partial charge < -0.3 is 24.1 Å². The van der Waals surface area contributed by atoms with Gasteiger partial charge in [0.1, 0.15) is 12.2 Å². The molecule has 132 valence electrons. The van der Waals surface area contributed by atoms with E-state index >= 15 is 0 Å². The summed E-state index contributed by atoms with van der Waals surface area (Å²) in [5, 5.41) is 9.44. The van der Waals surface area contributed by atoms with Gasteiger partial charge in [-0.2, -0.15) is 0 Å². The molecular formula is C20H22O5. The highest BCUT2D eigenvalue weighted by Crippen LogP contribution is 2.38. The lowest BCUT2D eigenvalue weighted by Gasteiger charge is -2.46. The van der Waals surface area contributed by atoms with E-state index in [0.717, 1.165) is 11.1 Å². The third-order valence-electron chi connectivity index (χ3n) is 4.58. The molecule has 0 aliphatic carbocycles. The van der Waals surface area contributed by atoms with Gasteiger partial charge in [-0.05, 0) is 6.42 Å². The zero-order valence-corrected chi connectivity index (χ0v) is 13.9. The first-order valence-corrected chi connectivity index (χ1v) is 8.64. The summed E-state index contributed by atoms with van der Waals surface area (Å²) in [4.78, 5) is 0. The molecule has 0 aromatic heterocycles. The lowest BCUT2D eigenvalue weighted by Crippen LogP contribution is -2.54. The average molecular weight is 342 g/mol. The summed E-state index contributed by atoms with van der Waals surface area (Å²) in [5.41, 5.74) is 1.92. The molecule has 25 heavy (non-hydrogen) atoms. The molecule has 2 aliphatic heterocycles. The fourth-order valence-electron chi connectivity index (χ4n) is 3.33. The molecule has 0 amide bonds. The van der Waals surface area contributed by atoms with Crippen LogP contribution in [-0.4, -0.2) is 36.6 Å². The number of benzene rings is 2. The van der Waals surface area contributed by atoms with Gasteiger partial charge in [0.05, 0.1) is 12.7 Å². The fourth-order valence-corrected chi connectivity index (χ4v) is 3.33. The number of aliphatic hydroxyl groups is 1. The molecule has 2 fully saturated rings. The number of ether oxygens (including phenoxy) is 4. The van der Waals surface area contributed by atoms with Gasteiger partial charge in [0.25, 0.3) is 0 Å². The maximum absolute atomic E-state index is 9.44. The van der Waals surface area contributed by atoms with Gasteiger partial charge in [-0.3, -0.25) is 0 Å². The van der Waals surface area contributed by atoms with E-state index in [1.54, 1.807) is 0 Å². The summed E-state index contributed by atoms with van der Waals surface area (Å²) in [5.74, 6) is 0. The second-order valence-corrected chi connectivity index (χ2v) is 6.28. The van der Waals surface area contributed by atoms with Crippen molar-refractivity contribution in [2.45, 2.75) is 37.3 Å². The van der Waals surface area contributed by atoms with Gasteiger partial charge in [0.15, 0.2) is 12.6 Å². The van der Waals surface area contributed by atoms with Gasteiger partial charge >= 0.3 is 0 Å². The van der Waals surface area contributed by atoms with Crippen molar-refractivity contribution in [3.63, 3.8) is 0 Å². The van der Waals surface area contributed by atoms with Crippen LogP contribution in [0.3, 0.4) is 0 Å². The van der Waals surface area contributed by atoms with Crippen LogP contribution in [0.1, 0.15) is 30.1 Å². The van der Waals surface area contributed by atoms with Gasteiger partial charge in [0, 0.05) is 17.7 Å². The highest BCUT2D eigenvalue weighted by atomic mass is 16.8. The molecular weight excluding hydrogens is 320 g/mol. The van der Waals surface area contributed by atoms with Crippen molar-refractivity contribution in [2.75, 3.05) is 13.2 Å². The van der Waals surface area contributed by atoms with Crippen LogP contribution in [0.5, 0.6) is 0 Å². The molecule has 0 saturated carbocycles. The average Bonchev–Trinajstić information content (AvgIpc) is 2.69. The third-order valence-corrected chi connectivity index (χ3v) is 4.58. The minimum Gasteiger partial charge on any atom is -0.396 e. The third kappa shape index (κ3) is 3.61. The maximum Gasteiger partial charge on any atom is 0.184 e. The quantitative estimate of drug-likeness (QED) is 0.926. The summed E-state index contributed by atoms with van der Waals surface area (Å²) in [6.07, 6.45) is -1.16. The molecule has 2 saturated heterocycles. The molecule has 2 aliphatic rings. The number of aliphatic hydroxyl groups excluding tert-OH is 1. The molecule has 0 radical (unpaired) electrons. The topological polar surface area (TPSA) is 57.2 Å². The van der Waals surface area contributed by atoms with E-state index in [0.29, 0.717) is 13.0 Å². The highest BCUT2D eigenvalue weighted by molar-refractivity contribution is 5.18. The van der Waals surface area contributed by atoms with E-state index in [9.17, 15) is 5.11 Å². The predicted octanol–water partition coefficient (Wildman–Crippen LogP) is 2.97. The summed E-state index contributed by atoms with van der Waals surface area (Å²) in [6, 6.07) is 19.6. The second-order valence-electron chi connectivity index (χ2n) is 6.28. The smallest absolute Gasteiger partial charge is 0.184 e. The first-order valence-electron chi connectivity index (χ1n) is 8.64. The Morgan fingerprint density at radius 3 is 2.08 bits per heavy atom. The Labute approximate surface area is 147 Å². The van der Waals surface area contributed by atoms with E-state index in [1.165, 1.54) is 0 Å². The molecule has 1 N–H and O–H groups in total. The lowest BCUT2D eigenvalue weighted by atomic mass is 10.0. The molecule has 5 heteroatoms. The molecule has 0 bridgehead atoms. The maximum atomic E-state index is 9.44. The summed E-state index contributed by atoms with van der Waals surface area (Å²) in [7, 11) is 0. The van der Waals surface area contributed by atoms with Crippen molar-refractivity contribution < 1.29 is 24.1 Å². The normalized spacial score (nSPS) is 32.1. The Kier molecular flexibility index (Phi) is 5.10. The number of hydrogen-bond acceptors (Lipinski definition) is 5. The number of hydrogen-bond donors (Lipinski definition) is 1. The van der Waals surface area contributed by atoms with Gasteiger partial charge in [-0.15, -0.1) is 0 Å². The van der Waals surface area contributed by atoms with Gasteiger partial charge in [-0.25, -0.2) is 0 Å². The van der Waals surface area contributed by atoms with E-state index in [4.69, 9.17) is 18.9 Å². The standard InChI is InChI=1S/C20H22O5/c21-12-11-16-18-17(24-20(23-16)15-9-5-2-6-10-15)13-22-19(25-18)14-7-3-1-4-8-14/h1-10,16-21H,11-13H2. The molecule has 2 aromatic rings. The van der Waals surface area contributed by atoms with Gasteiger partial charge in [-0.1, -0.05) is 60.7 Å². The summed E-state index contributed by atoms with van der Waals surface area (Å²) >= 11 is 0. The van der Waals surface area contributed by atoms with Crippen molar-refractivity contribution in [1.29, 1.82) is 0 Å². The van der Waals surface area contributed by atoms with Crippen molar-refractivity contribution in [3.8, 4) is 0 Å². The molecule has 5 unspecified atom stereocenters. The first-order chi connectivity index (χ1) is 12.3. The minimum absolute atomic E-state index is 0.0373. The fraction of sp³-hybridized carbons (Fsp3) is 0.400. The van der Waals surface area contributed by atoms with Crippen LogP contribution in [0.15, 0.2) is 60.7 Å². The van der Waals surface area contributed by atoms with Crippen LogP contribution in [0.25, 0.3) is 0 Å². The van der Waals surface area contributed by atoms with Crippen molar-refractivity contribution in [2.24, 2.45) is 0 Å². The molecule has 4 rings (SSSR count). The molecule has 5 atom stereocenters. The van der Waals surface area contributed by atoms with Crippen LogP contribution in [-0.2, 0) is 18.9 Å². The predicted molar refractivity (Wildman–Crippen MR) is 90.6 cm³/mol. The second kappa shape index (κ2) is 7.64. The molecule has 0 spiro atoms. The summed E-state index contributed by atoms with van der Waals surface area (Å²) < 4.78 is 24.2. The minimum atomic E-state index is -0.473. The van der Waals surface area contributed by atoms with Crippen molar-refractivity contribution in [1.82, 2.24) is 0 Å². The largest absolute Gasteiger partial charge is 0.396 e. The summed E-state index contributed by atoms with van der Waals surface area (Å²) in [6.45, 7) is 0.467. The first kappa shape index (κ1) is 16.7. The Bertz CT molecular complexity index is 662. The Morgan fingerprint density at radius 2 is 1.44 bits per heavy atom. The highest BCUT2D eigenvalue weighted by Gasteiger charge is 2.45. The van der Waals surface area contributed by atoms with Crippen molar-refractivity contribution in [3.05, 3.63) is 71.8 Å². The molecule has 2 aromatic carbocycles. The van der Waals surface area contributed by atoms with Crippen LogP contribution in [0.2, 0.25) is 0 Å². The monoisotopic (exact) mass is 342 g/mol. The Balaban J connectivity index is 1.52. The Morgan fingerprint density at radius 1 is 0.800 bits per heavy atom. The van der Waals surface area contributed by atoms with Crippen LogP contribution in [0, 0.1) is 0 Å². The zero-order chi connectivity index (χ0) is 17.1. The number of rotatable bonds is 4. The van der Waals surface area contributed by atoms with Crippen LogP contribution in [0.4, 0.5) is 0 Å². The van der Waals surface area contributed by atoms with E-state index < -0.39 is 12.6 Å².